The van der Waals surface area contributed by atoms with Crippen molar-refractivity contribution >= 4 is 40.0 Å². The molecule has 1 N–H and O–H groups in total. The number of phenolic OH excluding ortho intramolecular Hbond substituents is 1. The Morgan fingerprint density at radius 2 is 2.12 bits per heavy atom. The molecule has 1 aliphatic rings. The third-order valence-electron chi connectivity index (χ3n) is 4.24. The molecule has 0 atom stereocenters. The maximum Gasteiger partial charge on any atom is 0.409 e. The first-order valence-corrected chi connectivity index (χ1v) is 8.43. The molecule has 0 unspecified atom stereocenters. The molecule has 26 heavy (non-hydrogen) atoms. The van der Waals surface area contributed by atoms with Crippen LogP contribution in [0.5, 0.6) is 5.75 Å². The fraction of sp³-hybridized carbons (Fsp3) is 0.375. The van der Waals surface area contributed by atoms with Crippen LogP contribution in [0.3, 0.4) is 0 Å². The highest BCUT2D eigenvalue weighted by molar-refractivity contribution is 6.37. The Morgan fingerprint density at radius 3 is 2.73 bits per heavy atom. The molecule has 2 aromatic rings. The molecule has 1 saturated heterocycles. The largest absolute Gasteiger partial charge is 0.501 e. The van der Waals surface area contributed by atoms with Crippen LogP contribution in [0.2, 0.25) is 5.02 Å². The summed E-state index contributed by atoms with van der Waals surface area (Å²) in [6.07, 6.45) is 1.12. The highest BCUT2D eigenvalue weighted by atomic mass is 35.5. The van der Waals surface area contributed by atoms with E-state index in [-0.39, 0.29) is 16.6 Å². The number of benzene rings is 1. The molecule has 1 amide bonds. The van der Waals surface area contributed by atoms with Gasteiger partial charge in [-0.2, -0.15) is 0 Å². The second-order valence-corrected chi connectivity index (χ2v) is 6.12. The number of phenols is 1. The van der Waals surface area contributed by atoms with Crippen molar-refractivity contribution in [2.45, 2.75) is 6.92 Å². The Hall–Kier alpha value is -2.81. The Labute approximate surface area is 153 Å². The van der Waals surface area contributed by atoms with E-state index >= 15 is 0 Å². The van der Waals surface area contributed by atoms with Crippen LogP contribution in [0.25, 0.3) is 10.9 Å². The number of aromatic hydroxyl groups is 1. The zero-order valence-corrected chi connectivity index (χ0v) is 14.8. The summed E-state index contributed by atoms with van der Waals surface area (Å²) in [5.74, 6) is -0.513. The van der Waals surface area contributed by atoms with Gasteiger partial charge in [0.25, 0.3) is 0 Å². The van der Waals surface area contributed by atoms with Crippen molar-refractivity contribution in [3.8, 4) is 5.75 Å². The number of nitro groups is 1. The fourth-order valence-electron chi connectivity index (χ4n) is 3.00. The average Bonchev–Trinajstić information content (AvgIpc) is 2.64. The van der Waals surface area contributed by atoms with E-state index in [9.17, 15) is 20.0 Å². The van der Waals surface area contributed by atoms with Gasteiger partial charge < -0.3 is 19.6 Å². The Balaban J connectivity index is 1.94. The summed E-state index contributed by atoms with van der Waals surface area (Å²) in [5, 5.41) is 21.8. The van der Waals surface area contributed by atoms with Crippen molar-refractivity contribution < 1.29 is 19.6 Å². The number of pyridine rings is 1. The molecule has 0 saturated carbocycles. The zero-order chi connectivity index (χ0) is 18.8. The minimum Gasteiger partial charge on any atom is -0.501 e. The maximum atomic E-state index is 11.8. The number of fused-ring (bicyclic) bond motifs is 1. The van der Waals surface area contributed by atoms with Crippen molar-refractivity contribution in [2.24, 2.45) is 0 Å². The first-order valence-electron chi connectivity index (χ1n) is 8.05. The molecular weight excluding hydrogens is 364 g/mol. The Bertz CT molecular complexity index is 867. The first kappa shape index (κ1) is 18.0. The lowest BCUT2D eigenvalue weighted by atomic mass is 10.1. The molecule has 10 heteroatoms. The lowest BCUT2D eigenvalue weighted by Crippen LogP contribution is -2.49. The second kappa shape index (κ2) is 7.20. The number of piperazine rings is 1. The number of aromatic nitrogens is 1. The molecule has 3 rings (SSSR count). The summed E-state index contributed by atoms with van der Waals surface area (Å²) in [6.45, 7) is 4.09. The number of nitrogens with zero attached hydrogens (tertiary/aromatic N) is 4. The summed E-state index contributed by atoms with van der Waals surface area (Å²) < 4.78 is 5.00. The predicted molar refractivity (Wildman–Crippen MR) is 95.9 cm³/mol. The maximum absolute atomic E-state index is 11.8. The standard InChI is InChI=1S/C16H17ClN4O5/c1-2-26-16(23)20-7-5-19(6-8-20)11-3-4-18-14-13(11)10(17)9-12(15(14)22)21(24)25/h3-4,9,22H,2,5-8H2,1H3. The molecule has 0 radical (unpaired) electrons. The van der Waals surface area contributed by atoms with E-state index in [4.69, 9.17) is 16.3 Å². The Kier molecular flexibility index (Phi) is 4.99. The number of carbonyl (C=O) groups is 1. The van der Waals surface area contributed by atoms with Gasteiger partial charge in [-0.3, -0.25) is 15.1 Å². The van der Waals surface area contributed by atoms with Crippen LogP contribution in [-0.2, 0) is 4.74 Å². The minimum absolute atomic E-state index is 0.0783. The van der Waals surface area contributed by atoms with Gasteiger partial charge in [0.1, 0.15) is 5.52 Å². The monoisotopic (exact) mass is 380 g/mol. The van der Waals surface area contributed by atoms with Crippen molar-refractivity contribution in [3.05, 3.63) is 33.5 Å². The van der Waals surface area contributed by atoms with E-state index < -0.39 is 16.4 Å². The topological polar surface area (TPSA) is 109 Å². The summed E-state index contributed by atoms with van der Waals surface area (Å²) in [7, 11) is 0. The molecule has 1 fully saturated rings. The predicted octanol–water partition coefficient (Wildman–Crippen LogP) is 2.78. The number of nitro benzene ring substituents is 1. The van der Waals surface area contributed by atoms with Gasteiger partial charge in [-0.15, -0.1) is 0 Å². The summed E-state index contributed by atoms with van der Waals surface area (Å²) >= 11 is 6.26. The normalized spacial score (nSPS) is 14.5. The van der Waals surface area contributed by atoms with Crippen LogP contribution in [0, 0.1) is 10.1 Å². The summed E-state index contributed by atoms with van der Waals surface area (Å²) in [5.41, 5.74) is 0.294. The first-order chi connectivity index (χ1) is 12.4. The van der Waals surface area contributed by atoms with Gasteiger partial charge >= 0.3 is 11.8 Å². The Morgan fingerprint density at radius 1 is 1.42 bits per heavy atom. The molecular formula is C16H17ClN4O5. The zero-order valence-electron chi connectivity index (χ0n) is 14.0. The van der Waals surface area contributed by atoms with Crippen LogP contribution in [0.4, 0.5) is 16.2 Å². The molecule has 0 bridgehead atoms. The number of hydrogen-bond acceptors (Lipinski definition) is 7. The van der Waals surface area contributed by atoms with E-state index in [0.717, 1.165) is 6.07 Å². The van der Waals surface area contributed by atoms with Gasteiger partial charge in [0, 0.05) is 49.5 Å². The van der Waals surface area contributed by atoms with E-state index in [1.807, 2.05) is 4.90 Å². The van der Waals surface area contributed by atoms with Crippen LogP contribution in [0.1, 0.15) is 6.92 Å². The summed E-state index contributed by atoms with van der Waals surface area (Å²) in [4.78, 5) is 29.8. The third kappa shape index (κ3) is 3.17. The van der Waals surface area contributed by atoms with Crippen molar-refractivity contribution in [3.63, 3.8) is 0 Å². The number of anilines is 1. The number of hydrogen-bond donors (Lipinski definition) is 1. The second-order valence-electron chi connectivity index (χ2n) is 5.71. The average molecular weight is 381 g/mol. The molecule has 9 nitrogen and oxygen atoms in total. The number of carbonyl (C=O) groups excluding carboxylic acids is 1. The lowest BCUT2D eigenvalue weighted by Gasteiger charge is -2.36. The van der Waals surface area contributed by atoms with Crippen LogP contribution in [0.15, 0.2) is 18.3 Å². The van der Waals surface area contributed by atoms with E-state index in [1.165, 1.54) is 6.20 Å². The van der Waals surface area contributed by atoms with Gasteiger partial charge in [-0.1, -0.05) is 11.6 Å². The van der Waals surface area contributed by atoms with E-state index in [1.54, 1.807) is 17.9 Å². The van der Waals surface area contributed by atoms with Crippen molar-refractivity contribution in [1.82, 2.24) is 9.88 Å². The molecule has 138 valence electrons. The van der Waals surface area contributed by atoms with Crippen LogP contribution < -0.4 is 4.90 Å². The molecule has 0 aliphatic carbocycles. The minimum atomic E-state index is -0.701. The number of rotatable bonds is 3. The van der Waals surface area contributed by atoms with Gasteiger partial charge in [-0.25, -0.2) is 4.79 Å². The lowest BCUT2D eigenvalue weighted by molar-refractivity contribution is -0.385. The quantitative estimate of drug-likeness (QED) is 0.644. The molecule has 1 aromatic heterocycles. The van der Waals surface area contributed by atoms with Gasteiger partial charge in [0.05, 0.1) is 16.6 Å². The number of halogens is 1. The summed E-state index contributed by atoms with van der Waals surface area (Å²) in [6, 6.07) is 2.86. The fourth-order valence-corrected chi connectivity index (χ4v) is 3.29. The van der Waals surface area contributed by atoms with E-state index in [0.29, 0.717) is 43.9 Å². The van der Waals surface area contributed by atoms with Crippen LogP contribution in [-0.4, -0.2) is 58.8 Å². The molecule has 2 heterocycles. The third-order valence-corrected chi connectivity index (χ3v) is 4.54. The smallest absolute Gasteiger partial charge is 0.409 e. The SMILES string of the molecule is CCOC(=O)N1CCN(c2ccnc3c(O)c([N+](=O)[O-])cc(Cl)c23)CC1. The van der Waals surface area contributed by atoms with Crippen molar-refractivity contribution in [2.75, 3.05) is 37.7 Å². The van der Waals surface area contributed by atoms with Gasteiger partial charge in [0.15, 0.2) is 0 Å². The number of ether oxygens (including phenoxy) is 1. The highest BCUT2D eigenvalue weighted by Crippen LogP contribution is 2.41. The van der Waals surface area contributed by atoms with Gasteiger partial charge in [0.2, 0.25) is 5.75 Å². The molecule has 1 aliphatic heterocycles. The molecule has 0 spiro atoms. The number of amides is 1. The van der Waals surface area contributed by atoms with Crippen molar-refractivity contribution in [1.29, 1.82) is 0 Å². The highest BCUT2D eigenvalue weighted by Gasteiger charge is 2.26. The van der Waals surface area contributed by atoms with Gasteiger partial charge in [-0.05, 0) is 13.0 Å². The van der Waals surface area contributed by atoms with Crippen LogP contribution >= 0.6 is 11.6 Å². The molecule has 1 aromatic carbocycles. The van der Waals surface area contributed by atoms with E-state index in [2.05, 4.69) is 4.98 Å².